The van der Waals surface area contributed by atoms with Gasteiger partial charge in [-0.05, 0) is 53.4 Å². The number of aryl methyl sites for hydroxylation is 1. The van der Waals surface area contributed by atoms with Crippen LogP contribution in [0.1, 0.15) is 29.5 Å². The Morgan fingerprint density at radius 3 is 2.29 bits per heavy atom. The lowest BCUT2D eigenvalue weighted by molar-refractivity contribution is -0.136. The topological polar surface area (TPSA) is 104 Å². The summed E-state index contributed by atoms with van der Waals surface area (Å²) < 4.78 is 34.6. The molecule has 4 aromatic carbocycles. The van der Waals surface area contributed by atoms with Gasteiger partial charge >= 0.3 is 5.97 Å². The van der Waals surface area contributed by atoms with Gasteiger partial charge in [0, 0.05) is 12.8 Å². The highest BCUT2D eigenvalue weighted by Crippen LogP contribution is 2.27. The molecule has 0 bridgehead atoms. The van der Waals surface area contributed by atoms with Gasteiger partial charge in [0.15, 0.2) is 0 Å². The number of rotatable bonds is 14. The molecule has 4 aromatic rings. The van der Waals surface area contributed by atoms with E-state index in [0.717, 1.165) is 16.7 Å². The van der Waals surface area contributed by atoms with Crippen LogP contribution in [0.5, 0.6) is 5.75 Å². The van der Waals surface area contributed by atoms with Crippen LogP contribution in [0.15, 0.2) is 120 Å². The van der Waals surface area contributed by atoms with Crippen LogP contribution in [-0.4, -0.2) is 37.3 Å². The molecular formula is C33H33NO6S. The van der Waals surface area contributed by atoms with Gasteiger partial charge < -0.3 is 14.9 Å². The second-order valence-corrected chi connectivity index (χ2v) is 11.3. The van der Waals surface area contributed by atoms with Crippen molar-refractivity contribution in [1.29, 1.82) is 0 Å². The SMILES string of the molecule is O=C(O)CCc1ccccc1OCC[C@@H](O)/C=C/c1cccc(N(Cc2ccccc2)S(=O)(=O)c2ccccc2)c1. The maximum atomic E-state index is 13.7. The Hall–Kier alpha value is -4.40. The molecule has 0 amide bonds. The molecule has 0 aromatic heterocycles. The average Bonchev–Trinajstić information content (AvgIpc) is 2.99. The largest absolute Gasteiger partial charge is 0.493 e. The monoisotopic (exact) mass is 571 g/mol. The molecule has 0 aliphatic rings. The smallest absolute Gasteiger partial charge is 0.303 e. The molecule has 0 unspecified atom stereocenters. The van der Waals surface area contributed by atoms with E-state index in [4.69, 9.17) is 9.84 Å². The molecule has 0 heterocycles. The number of sulfonamides is 1. The van der Waals surface area contributed by atoms with E-state index in [2.05, 4.69) is 0 Å². The molecule has 0 saturated heterocycles. The highest BCUT2D eigenvalue weighted by atomic mass is 32.2. The van der Waals surface area contributed by atoms with Crippen molar-refractivity contribution >= 4 is 27.8 Å². The van der Waals surface area contributed by atoms with Crippen LogP contribution >= 0.6 is 0 Å². The van der Waals surface area contributed by atoms with Gasteiger partial charge in [-0.25, -0.2) is 8.42 Å². The molecule has 41 heavy (non-hydrogen) atoms. The number of para-hydroxylation sites is 1. The number of hydrogen-bond acceptors (Lipinski definition) is 5. The molecule has 4 rings (SSSR count). The number of carboxylic acid groups (broad SMARTS) is 1. The number of anilines is 1. The Morgan fingerprint density at radius 1 is 0.878 bits per heavy atom. The van der Waals surface area contributed by atoms with Crippen LogP contribution in [0, 0.1) is 0 Å². The highest BCUT2D eigenvalue weighted by molar-refractivity contribution is 7.92. The first kappa shape index (κ1) is 29.6. The van der Waals surface area contributed by atoms with Gasteiger partial charge in [0.25, 0.3) is 10.0 Å². The fraction of sp³-hybridized carbons (Fsp3) is 0.182. The third-order valence-corrected chi connectivity index (χ3v) is 8.21. The van der Waals surface area contributed by atoms with E-state index in [9.17, 15) is 18.3 Å². The van der Waals surface area contributed by atoms with Crippen molar-refractivity contribution in [3.05, 3.63) is 132 Å². The number of hydrogen-bond donors (Lipinski definition) is 2. The Morgan fingerprint density at radius 2 is 1.56 bits per heavy atom. The molecule has 0 saturated carbocycles. The molecule has 0 spiro atoms. The summed E-state index contributed by atoms with van der Waals surface area (Å²) in [5.74, 6) is -0.263. The van der Waals surface area contributed by atoms with E-state index < -0.39 is 22.1 Å². The maximum absolute atomic E-state index is 13.7. The van der Waals surface area contributed by atoms with Crippen molar-refractivity contribution in [3.63, 3.8) is 0 Å². The van der Waals surface area contributed by atoms with E-state index in [1.165, 1.54) is 4.31 Å². The number of aliphatic carboxylic acids is 1. The van der Waals surface area contributed by atoms with E-state index in [0.29, 0.717) is 24.3 Å². The van der Waals surface area contributed by atoms with Gasteiger partial charge in [-0.15, -0.1) is 0 Å². The summed E-state index contributed by atoms with van der Waals surface area (Å²) in [6.07, 6.45) is 3.31. The van der Waals surface area contributed by atoms with Crippen LogP contribution < -0.4 is 9.04 Å². The fourth-order valence-corrected chi connectivity index (χ4v) is 5.73. The van der Waals surface area contributed by atoms with Crippen molar-refractivity contribution in [2.24, 2.45) is 0 Å². The number of benzene rings is 4. The van der Waals surface area contributed by atoms with Gasteiger partial charge in [-0.2, -0.15) is 0 Å². The van der Waals surface area contributed by atoms with Crippen molar-refractivity contribution < 1.29 is 28.2 Å². The van der Waals surface area contributed by atoms with Gasteiger partial charge in [0.1, 0.15) is 5.75 Å². The number of nitrogens with zero attached hydrogens (tertiary/aromatic N) is 1. The molecule has 8 heteroatoms. The van der Waals surface area contributed by atoms with Crippen LogP contribution in [0.25, 0.3) is 6.08 Å². The maximum Gasteiger partial charge on any atom is 0.303 e. The summed E-state index contributed by atoms with van der Waals surface area (Å²) in [4.78, 5) is 11.1. The zero-order chi connectivity index (χ0) is 29.1. The number of carboxylic acids is 1. The zero-order valence-corrected chi connectivity index (χ0v) is 23.4. The minimum Gasteiger partial charge on any atom is -0.493 e. The lowest BCUT2D eigenvalue weighted by Crippen LogP contribution is -2.30. The highest BCUT2D eigenvalue weighted by Gasteiger charge is 2.25. The molecular weight excluding hydrogens is 538 g/mol. The third kappa shape index (κ3) is 8.54. The minimum atomic E-state index is -3.84. The van der Waals surface area contributed by atoms with Gasteiger partial charge in [0.2, 0.25) is 0 Å². The predicted molar refractivity (Wildman–Crippen MR) is 160 cm³/mol. The fourth-order valence-electron chi connectivity index (χ4n) is 4.27. The molecule has 0 aliphatic heterocycles. The molecule has 2 N–H and O–H groups in total. The summed E-state index contributed by atoms with van der Waals surface area (Å²) in [5.41, 5.74) is 2.91. The predicted octanol–water partition coefficient (Wildman–Crippen LogP) is 5.94. The second kappa shape index (κ2) is 14.3. The lowest BCUT2D eigenvalue weighted by Gasteiger charge is -2.25. The summed E-state index contributed by atoms with van der Waals surface area (Å²) in [6.45, 7) is 0.412. The van der Waals surface area contributed by atoms with Crippen LogP contribution in [0.2, 0.25) is 0 Å². The van der Waals surface area contributed by atoms with Gasteiger partial charge in [-0.3, -0.25) is 9.10 Å². The minimum absolute atomic E-state index is 0.0141. The average molecular weight is 572 g/mol. The molecule has 1 atom stereocenters. The molecule has 0 aliphatic carbocycles. The normalized spacial score (nSPS) is 12.2. The molecule has 212 valence electrons. The van der Waals surface area contributed by atoms with Crippen LogP contribution in [0.3, 0.4) is 0 Å². The van der Waals surface area contributed by atoms with Gasteiger partial charge in [-0.1, -0.05) is 91.0 Å². The van der Waals surface area contributed by atoms with Crippen molar-refractivity contribution in [1.82, 2.24) is 0 Å². The van der Waals surface area contributed by atoms with E-state index in [-0.39, 0.29) is 24.5 Å². The Bertz CT molecular complexity index is 1560. The molecule has 0 radical (unpaired) electrons. The Balaban J connectivity index is 1.45. The first-order valence-electron chi connectivity index (χ1n) is 13.3. The van der Waals surface area contributed by atoms with Crippen LogP contribution in [-0.2, 0) is 27.8 Å². The first-order chi connectivity index (χ1) is 19.8. The van der Waals surface area contributed by atoms with E-state index >= 15 is 0 Å². The Labute approximate surface area is 241 Å². The summed E-state index contributed by atoms with van der Waals surface area (Å²) in [5, 5.41) is 19.5. The number of carbonyl (C=O) groups is 1. The van der Waals surface area contributed by atoms with Crippen molar-refractivity contribution in [3.8, 4) is 5.75 Å². The lowest BCUT2D eigenvalue weighted by atomic mass is 10.1. The van der Waals surface area contributed by atoms with E-state index in [1.54, 1.807) is 66.7 Å². The number of aliphatic hydroxyl groups is 1. The van der Waals surface area contributed by atoms with Crippen molar-refractivity contribution in [2.45, 2.75) is 36.8 Å². The molecule has 0 fully saturated rings. The standard InChI is InChI=1S/C33H33NO6S/c35-30(22-23-40-32-17-8-7-13-28(32)19-21-33(36)37)20-18-26-12-9-14-29(24-26)34(25-27-10-3-1-4-11-27)41(38,39)31-15-5-2-6-16-31/h1-18,20,24,30,35H,19,21-23,25H2,(H,36,37)/b20-18+/t30-/m0/s1. The summed E-state index contributed by atoms with van der Waals surface area (Å²) in [7, 11) is -3.84. The quantitative estimate of drug-likeness (QED) is 0.194. The van der Waals surface area contributed by atoms with Crippen molar-refractivity contribution in [2.75, 3.05) is 10.9 Å². The number of ether oxygens (including phenoxy) is 1. The Kier molecular flexibility index (Phi) is 10.3. The third-order valence-electron chi connectivity index (χ3n) is 6.42. The number of aliphatic hydroxyl groups excluding tert-OH is 1. The van der Waals surface area contributed by atoms with E-state index in [1.807, 2.05) is 54.6 Å². The first-order valence-corrected chi connectivity index (χ1v) is 14.8. The summed E-state index contributed by atoms with van der Waals surface area (Å²) >= 11 is 0. The van der Waals surface area contributed by atoms with Gasteiger partial charge in [0.05, 0.1) is 29.8 Å². The zero-order valence-electron chi connectivity index (χ0n) is 22.5. The molecule has 7 nitrogen and oxygen atoms in total. The van der Waals surface area contributed by atoms with Crippen LogP contribution in [0.4, 0.5) is 5.69 Å². The second-order valence-electron chi connectivity index (χ2n) is 9.47. The summed E-state index contributed by atoms with van der Waals surface area (Å²) in [6, 6.07) is 32.2.